The van der Waals surface area contributed by atoms with Crippen molar-refractivity contribution in [2.75, 3.05) is 6.61 Å². The average molecular weight is 275 g/mol. The van der Waals surface area contributed by atoms with Gasteiger partial charge < -0.3 is 10.4 Å². The molecule has 102 valence electrons. The number of nitrogens with one attached hydrogen (secondary N) is 1. The van der Waals surface area contributed by atoms with Crippen molar-refractivity contribution in [3.05, 3.63) is 57.8 Å². The van der Waals surface area contributed by atoms with E-state index in [1.807, 2.05) is 41.7 Å². The zero-order valence-electron chi connectivity index (χ0n) is 11.5. The van der Waals surface area contributed by atoms with Crippen LogP contribution in [0, 0.1) is 0 Å². The van der Waals surface area contributed by atoms with Gasteiger partial charge in [-0.3, -0.25) is 0 Å². The van der Waals surface area contributed by atoms with Crippen LogP contribution in [0.1, 0.15) is 41.2 Å². The normalized spacial score (nSPS) is 14.3. The van der Waals surface area contributed by atoms with E-state index in [0.717, 1.165) is 12.0 Å². The topological polar surface area (TPSA) is 32.3 Å². The first-order valence-electron chi connectivity index (χ1n) is 6.75. The van der Waals surface area contributed by atoms with Gasteiger partial charge in [-0.25, -0.2) is 0 Å². The quantitative estimate of drug-likeness (QED) is 0.842. The highest BCUT2D eigenvalue weighted by atomic mass is 32.1. The van der Waals surface area contributed by atoms with Gasteiger partial charge in [0.25, 0.3) is 0 Å². The molecule has 0 spiro atoms. The van der Waals surface area contributed by atoms with Crippen LogP contribution in [0.4, 0.5) is 0 Å². The fourth-order valence-corrected chi connectivity index (χ4v) is 3.10. The zero-order valence-corrected chi connectivity index (χ0v) is 12.3. The Labute approximate surface area is 119 Å². The van der Waals surface area contributed by atoms with Gasteiger partial charge >= 0.3 is 0 Å². The van der Waals surface area contributed by atoms with E-state index in [1.54, 1.807) is 0 Å². The summed E-state index contributed by atoms with van der Waals surface area (Å²) in [7, 11) is 0. The summed E-state index contributed by atoms with van der Waals surface area (Å²) in [5.41, 5.74) is 1.13. The molecule has 0 aliphatic heterocycles. The van der Waals surface area contributed by atoms with Gasteiger partial charge in [0.05, 0.1) is 12.6 Å². The maximum absolute atomic E-state index is 9.57. The van der Waals surface area contributed by atoms with E-state index < -0.39 is 0 Å². The van der Waals surface area contributed by atoms with E-state index in [9.17, 15) is 5.11 Å². The first-order valence-corrected chi connectivity index (χ1v) is 7.56. The summed E-state index contributed by atoms with van der Waals surface area (Å²) in [5.74, 6) is 0. The molecular formula is C16H21NOS. The van der Waals surface area contributed by atoms with Crippen LogP contribution in [0.15, 0.2) is 42.5 Å². The van der Waals surface area contributed by atoms with Crippen LogP contribution < -0.4 is 5.32 Å². The lowest BCUT2D eigenvalue weighted by atomic mass is 10.1. The minimum absolute atomic E-state index is 0.0108. The predicted molar refractivity (Wildman–Crippen MR) is 81.5 cm³/mol. The van der Waals surface area contributed by atoms with Crippen LogP contribution in [0.3, 0.4) is 0 Å². The van der Waals surface area contributed by atoms with Gasteiger partial charge in [0.1, 0.15) is 0 Å². The molecule has 0 fully saturated rings. The van der Waals surface area contributed by atoms with Crippen molar-refractivity contribution in [2.45, 2.75) is 32.4 Å². The highest BCUT2D eigenvalue weighted by Gasteiger charge is 2.15. The van der Waals surface area contributed by atoms with Crippen molar-refractivity contribution >= 4 is 11.3 Å². The first-order chi connectivity index (χ1) is 9.24. The molecule has 0 saturated carbocycles. The van der Waals surface area contributed by atoms with Gasteiger partial charge in [-0.1, -0.05) is 37.3 Å². The number of thiophene rings is 1. The molecule has 0 saturated heterocycles. The smallest absolute Gasteiger partial charge is 0.0626 e. The molecule has 1 unspecified atom stereocenters. The number of benzene rings is 1. The van der Waals surface area contributed by atoms with Crippen LogP contribution in [0.5, 0.6) is 0 Å². The summed E-state index contributed by atoms with van der Waals surface area (Å²) in [5, 5.41) is 13.1. The van der Waals surface area contributed by atoms with Crippen molar-refractivity contribution in [2.24, 2.45) is 0 Å². The largest absolute Gasteiger partial charge is 0.394 e. The first kappa shape index (κ1) is 14.3. The van der Waals surface area contributed by atoms with Crippen molar-refractivity contribution in [3.63, 3.8) is 0 Å². The van der Waals surface area contributed by atoms with E-state index in [-0.39, 0.29) is 18.7 Å². The number of aliphatic hydroxyl groups is 1. The van der Waals surface area contributed by atoms with Crippen LogP contribution in [0.2, 0.25) is 0 Å². The van der Waals surface area contributed by atoms with Gasteiger partial charge in [-0.2, -0.15) is 0 Å². The fourth-order valence-electron chi connectivity index (χ4n) is 2.14. The van der Waals surface area contributed by atoms with Gasteiger partial charge in [-0.15, -0.1) is 11.3 Å². The third kappa shape index (κ3) is 3.66. The van der Waals surface area contributed by atoms with Gasteiger partial charge in [0.2, 0.25) is 0 Å². The van der Waals surface area contributed by atoms with Crippen LogP contribution >= 0.6 is 11.3 Å². The summed E-state index contributed by atoms with van der Waals surface area (Å²) in [4.78, 5) is 2.73. The second kappa shape index (κ2) is 6.85. The maximum Gasteiger partial charge on any atom is 0.0626 e. The Morgan fingerprint density at radius 1 is 1.16 bits per heavy atom. The standard InChI is InChI=1S/C16H21NOS/c1-3-14-9-10-16(19-14)12(2)17-15(11-18)13-7-5-4-6-8-13/h4-10,12,15,17-18H,3,11H2,1-2H3/t12?,15-/m1/s1. The van der Waals surface area contributed by atoms with Gasteiger partial charge in [0, 0.05) is 15.8 Å². The molecule has 1 aromatic carbocycles. The number of hydrogen-bond donors (Lipinski definition) is 2. The molecule has 0 amide bonds. The summed E-state index contributed by atoms with van der Waals surface area (Å²) in [6.07, 6.45) is 1.08. The molecule has 2 aromatic rings. The summed E-state index contributed by atoms with van der Waals surface area (Å²) >= 11 is 1.84. The van der Waals surface area contributed by atoms with Crippen molar-refractivity contribution < 1.29 is 5.11 Å². The molecule has 2 atom stereocenters. The average Bonchev–Trinajstić information content (AvgIpc) is 2.94. The van der Waals surface area contributed by atoms with Crippen molar-refractivity contribution in [1.29, 1.82) is 0 Å². The predicted octanol–water partition coefficient (Wildman–Crippen LogP) is 3.69. The molecule has 0 aliphatic carbocycles. The number of aryl methyl sites for hydroxylation is 1. The highest BCUT2D eigenvalue weighted by Crippen LogP contribution is 2.26. The Bertz CT molecular complexity index is 494. The van der Waals surface area contributed by atoms with Crippen molar-refractivity contribution in [3.8, 4) is 0 Å². The highest BCUT2D eigenvalue weighted by molar-refractivity contribution is 7.12. The van der Waals surface area contributed by atoms with Gasteiger partial charge in [0.15, 0.2) is 0 Å². The molecular weight excluding hydrogens is 254 g/mol. The molecule has 2 nitrogen and oxygen atoms in total. The summed E-state index contributed by atoms with van der Waals surface area (Å²) in [6.45, 7) is 4.44. The molecule has 2 rings (SSSR count). The maximum atomic E-state index is 9.57. The summed E-state index contributed by atoms with van der Waals surface area (Å²) in [6, 6.07) is 14.7. The molecule has 1 aromatic heterocycles. The Kier molecular flexibility index (Phi) is 5.14. The Morgan fingerprint density at radius 2 is 1.89 bits per heavy atom. The minimum atomic E-state index is -0.0108. The second-order valence-corrected chi connectivity index (χ2v) is 5.89. The van der Waals surface area contributed by atoms with E-state index in [1.165, 1.54) is 9.75 Å². The minimum Gasteiger partial charge on any atom is -0.394 e. The fraction of sp³-hybridized carbons (Fsp3) is 0.375. The van der Waals surface area contributed by atoms with E-state index in [2.05, 4.69) is 31.3 Å². The van der Waals surface area contributed by atoms with Crippen LogP contribution in [-0.2, 0) is 6.42 Å². The van der Waals surface area contributed by atoms with E-state index in [0.29, 0.717) is 0 Å². The molecule has 1 heterocycles. The molecule has 0 bridgehead atoms. The third-order valence-electron chi connectivity index (χ3n) is 3.29. The molecule has 3 heteroatoms. The number of hydrogen-bond acceptors (Lipinski definition) is 3. The molecule has 0 radical (unpaired) electrons. The monoisotopic (exact) mass is 275 g/mol. The lowest BCUT2D eigenvalue weighted by Gasteiger charge is -2.21. The SMILES string of the molecule is CCc1ccc(C(C)N[C@H](CO)c2ccccc2)s1. The third-order valence-corrected chi connectivity index (χ3v) is 4.71. The lowest BCUT2D eigenvalue weighted by molar-refractivity contribution is 0.236. The Hall–Kier alpha value is -1.16. The number of aliphatic hydroxyl groups excluding tert-OH is 1. The van der Waals surface area contributed by atoms with Gasteiger partial charge in [-0.05, 0) is 31.0 Å². The zero-order chi connectivity index (χ0) is 13.7. The van der Waals surface area contributed by atoms with E-state index in [4.69, 9.17) is 0 Å². The van der Waals surface area contributed by atoms with Crippen molar-refractivity contribution in [1.82, 2.24) is 5.32 Å². The molecule has 19 heavy (non-hydrogen) atoms. The van der Waals surface area contributed by atoms with E-state index >= 15 is 0 Å². The lowest BCUT2D eigenvalue weighted by Crippen LogP contribution is -2.26. The van der Waals surface area contributed by atoms with Crippen LogP contribution in [-0.4, -0.2) is 11.7 Å². The second-order valence-electron chi connectivity index (χ2n) is 4.69. The Balaban J connectivity index is 2.06. The molecule has 0 aliphatic rings. The number of rotatable bonds is 6. The van der Waals surface area contributed by atoms with Crippen LogP contribution in [0.25, 0.3) is 0 Å². The molecule has 2 N–H and O–H groups in total. The summed E-state index contributed by atoms with van der Waals surface area (Å²) < 4.78 is 0. The Morgan fingerprint density at radius 3 is 2.47 bits per heavy atom.